The lowest BCUT2D eigenvalue weighted by Gasteiger charge is -2.30. The Labute approximate surface area is 123 Å². The van der Waals surface area contributed by atoms with Gasteiger partial charge < -0.3 is 9.84 Å². The molecule has 0 aromatic rings. The van der Waals surface area contributed by atoms with E-state index in [1.54, 1.807) is 0 Å². The van der Waals surface area contributed by atoms with Crippen LogP contribution in [0.15, 0.2) is 0 Å². The molecule has 0 radical (unpaired) electrons. The SMILES string of the molecule is CCCCCCCOCC(NCCC)(C(=O)O)C1CC1. The van der Waals surface area contributed by atoms with E-state index in [4.69, 9.17) is 4.74 Å². The first-order valence-electron chi connectivity index (χ1n) is 8.23. The van der Waals surface area contributed by atoms with Gasteiger partial charge in [-0.1, -0.05) is 39.5 Å². The molecule has 0 spiro atoms. The van der Waals surface area contributed by atoms with E-state index >= 15 is 0 Å². The summed E-state index contributed by atoms with van der Waals surface area (Å²) in [4.78, 5) is 11.7. The van der Waals surface area contributed by atoms with Crippen molar-refractivity contribution in [3.63, 3.8) is 0 Å². The molecule has 0 aromatic heterocycles. The molecular formula is C16H31NO3. The summed E-state index contributed by atoms with van der Waals surface area (Å²) in [7, 11) is 0. The molecular weight excluding hydrogens is 254 g/mol. The van der Waals surface area contributed by atoms with Crippen LogP contribution in [-0.4, -0.2) is 36.4 Å². The topological polar surface area (TPSA) is 58.6 Å². The van der Waals surface area contributed by atoms with Crippen molar-refractivity contribution in [3.05, 3.63) is 0 Å². The van der Waals surface area contributed by atoms with Crippen LogP contribution in [0.3, 0.4) is 0 Å². The summed E-state index contributed by atoms with van der Waals surface area (Å²) in [5.74, 6) is -0.508. The van der Waals surface area contributed by atoms with Gasteiger partial charge in [-0.25, -0.2) is 0 Å². The van der Waals surface area contributed by atoms with Crippen molar-refractivity contribution in [2.45, 2.75) is 70.8 Å². The van der Waals surface area contributed by atoms with Crippen molar-refractivity contribution in [2.75, 3.05) is 19.8 Å². The Kier molecular flexibility index (Phi) is 8.15. The molecule has 1 atom stereocenters. The summed E-state index contributed by atoms with van der Waals surface area (Å²) in [6, 6.07) is 0. The smallest absolute Gasteiger partial charge is 0.326 e. The Morgan fingerprint density at radius 3 is 2.45 bits per heavy atom. The van der Waals surface area contributed by atoms with Gasteiger partial charge in [0.1, 0.15) is 5.54 Å². The van der Waals surface area contributed by atoms with E-state index in [0.29, 0.717) is 13.2 Å². The van der Waals surface area contributed by atoms with E-state index in [0.717, 1.165) is 32.2 Å². The quantitative estimate of drug-likeness (QED) is 0.510. The summed E-state index contributed by atoms with van der Waals surface area (Å²) in [6.07, 6.45) is 8.93. The lowest BCUT2D eigenvalue weighted by molar-refractivity contribution is -0.149. The predicted molar refractivity (Wildman–Crippen MR) is 81.0 cm³/mol. The van der Waals surface area contributed by atoms with Crippen LogP contribution in [0.1, 0.15) is 65.2 Å². The molecule has 0 aliphatic heterocycles. The highest BCUT2D eigenvalue weighted by atomic mass is 16.5. The van der Waals surface area contributed by atoms with Gasteiger partial charge in [-0.2, -0.15) is 0 Å². The zero-order chi connectivity index (χ0) is 14.8. The van der Waals surface area contributed by atoms with Crippen LogP contribution in [0.5, 0.6) is 0 Å². The second kappa shape index (κ2) is 9.35. The average Bonchev–Trinajstić information content (AvgIpc) is 3.26. The minimum atomic E-state index is -0.848. The molecule has 0 heterocycles. The summed E-state index contributed by atoms with van der Waals surface area (Å²) in [6.45, 7) is 5.98. The normalized spacial score (nSPS) is 17.9. The van der Waals surface area contributed by atoms with Crippen LogP contribution in [0.4, 0.5) is 0 Å². The molecule has 1 aliphatic carbocycles. The third-order valence-corrected chi connectivity index (χ3v) is 4.07. The molecule has 1 unspecified atom stereocenters. The minimum Gasteiger partial charge on any atom is -0.480 e. The first-order chi connectivity index (χ1) is 9.67. The molecule has 0 aromatic carbocycles. The number of unbranched alkanes of at least 4 members (excludes halogenated alkanes) is 4. The molecule has 20 heavy (non-hydrogen) atoms. The number of hydrogen-bond donors (Lipinski definition) is 2. The summed E-state index contributed by atoms with van der Waals surface area (Å²) in [5, 5.41) is 12.8. The van der Waals surface area contributed by atoms with E-state index in [2.05, 4.69) is 19.2 Å². The van der Waals surface area contributed by atoms with Crippen molar-refractivity contribution in [1.82, 2.24) is 5.32 Å². The highest BCUT2D eigenvalue weighted by Crippen LogP contribution is 2.40. The van der Waals surface area contributed by atoms with Gasteiger partial charge in [0, 0.05) is 6.61 Å². The predicted octanol–water partition coefficient (Wildman–Crippen LogP) is 3.21. The average molecular weight is 285 g/mol. The van der Waals surface area contributed by atoms with Gasteiger partial charge in [0.25, 0.3) is 0 Å². The Balaban J connectivity index is 2.31. The molecule has 118 valence electrons. The molecule has 2 N–H and O–H groups in total. The van der Waals surface area contributed by atoms with Crippen molar-refractivity contribution in [2.24, 2.45) is 5.92 Å². The molecule has 0 amide bonds. The Hall–Kier alpha value is -0.610. The first kappa shape index (κ1) is 17.4. The van der Waals surface area contributed by atoms with Gasteiger partial charge in [0.05, 0.1) is 6.61 Å². The van der Waals surface area contributed by atoms with Crippen LogP contribution in [0, 0.1) is 5.92 Å². The van der Waals surface area contributed by atoms with Crippen molar-refractivity contribution in [1.29, 1.82) is 0 Å². The second-order valence-electron chi connectivity index (χ2n) is 5.94. The fraction of sp³-hybridized carbons (Fsp3) is 0.938. The van der Waals surface area contributed by atoms with Crippen LogP contribution in [0.2, 0.25) is 0 Å². The van der Waals surface area contributed by atoms with Crippen LogP contribution >= 0.6 is 0 Å². The number of hydrogen-bond acceptors (Lipinski definition) is 3. The maximum absolute atomic E-state index is 11.7. The Morgan fingerprint density at radius 2 is 1.90 bits per heavy atom. The third-order valence-electron chi connectivity index (χ3n) is 4.07. The summed E-state index contributed by atoms with van der Waals surface area (Å²) < 4.78 is 5.70. The van der Waals surface area contributed by atoms with Gasteiger partial charge in [-0.05, 0) is 38.1 Å². The molecule has 4 heteroatoms. The summed E-state index contributed by atoms with van der Waals surface area (Å²) >= 11 is 0. The van der Waals surface area contributed by atoms with Crippen molar-refractivity contribution >= 4 is 5.97 Å². The lowest BCUT2D eigenvalue weighted by atomic mass is 9.94. The molecule has 0 saturated heterocycles. The maximum atomic E-state index is 11.7. The van der Waals surface area contributed by atoms with Crippen molar-refractivity contribution in [3.8, 4) is 0 Å². The van der Waals surface area contributed by atoms with E-state index in [9.17, 15) is 9.90 Å². The fourth-order valence-electron chi connectivity index (χ4n) is 2.59. The standard InChI is InChI=1S/C16H31NO3/c1-3-5-6-7-8-12-20-13-16(15(18)19,14-9-10-14)17-11-4-2/h14,17H,3-13H2,1-2H3,(H,18,19). The number of aliphatic carboxylic acids is 1. The van der Waals surface area contributed by atoms with Gasteiger partial charge in [0.2, 0.25) is 0 Å². The van der Waals surface area contributed by atoms with E-state index in [1.165, 1.54) is 25.7 Å². The largest absolute Gasteiger partial charge is 0.480 e. The second-order valence-corrected chi connectivity index (χ2v) is 5.94. The van der Waals surface area contributed by atoms with Gasteiger partial charge in [0.15, 0.2) is 0 Å². The van der Waals surface area contributed by atoms with E-state index in [-0.39, 0.29) is 5.92 Å². The molecule has 1 saturated carbocycles. The molecule has 1 rings (SSSR count). The van der Waals surface area contributed by atoms with Gasteiger partial charge >= 0.3 is 5.97 Å². The van der Waals surface area contributed by atoms with Crippen LogP contribution in [-0.2, 0) is 9.53 Å². The monoisotopic (exact) mass is 285 g/mol. The molecule has 0 bridgehead atoms. The van der Waals surface area contributed by atoms with Crippen LogP contribution < -0.4 is 5.32 Å². The van der Waals surface area contributed by atoms with Crippen LogP contribution in [0.25, 0.3) is 0 Å². The third kappa shape index (κ3) is 5.41. The minimum absolute atomic E-state index is 0.242. The summed E-state index contributed by atoms with van der Waals surface area (Å²) in [5.41, 5.74) is -0.848. The van der Waals surface area contributed by atoms with Crippen molar-refractivity contribution < 1.29 is 14.6 Å². The van der Waals surface area contributed by atoms with Gasteiger partial charge in [-0.15, -0.1) is 0 Å². The number of ether oxygens (including phenoxy) is 1. The first-order valence-corrected chi connectivity index (χ1v) is 8.23. The number of nitrogens with one attached hydrogen (secondary N) is 1. The number of carboxylic acids is 1. The maximum Gasteiger partial charge on any atom is 0.326 e. The molecule has 1 fully saturated rings. The fourth-order valence-corrected chi connectivity index (χ4v) is 2.59. The lowest BCUT2D eigenvalue weighted by Crippen LogP contribution is -2.57. The van der Waals surface area contributed by atoms with E-state index in [1.807, 2.05) is 0 Å². The van der Waals surface area contributed by atoms with E-state index < -0.39 is 11.5 Å². The highest BCUT2D eigenvalue weighted by Gasteiger charge is 2.51. The molecule has 4 nitrogen and oxygen atoms in total. The number of rotatable bonds is 13. The zero-order valence-electron chi connectivity index (χ0n) is 13.1. The number of carboxylic acid groups (broad SMARTS) is 1. The highest BCUT2D eigenvalue weighted by molar-refractivity contribution is 5.80. The molecule has 1 aliphatic rings. The van der Waals surface area contributed by atoms with Gasteiger partial charge in [-0.3, -0.25) is 10.1 Å². The Bertz CT molecular complexity index is 279. The Morgan fingerprint density at radius 1 is 1.20 bits per heavy atom. The zero-order valence-corrected chi connectivity index (χ0v) is 13.1. The number of carbonyl (C=O) groups is 1.